The highest BCUT2D eigenvalue weighted by atomic mass is 32.2. The van der Waals surface area contributed by atoms with Crippen molar-refractivity contribution in [2.24, 2.45) is 0 Å². The van der Waals surface area contributed by atoms with E-state index in [1.807, 2.05) is 6.26 Å². The SMILES string of the molecule is COC(=O)[C@H](CSC)NC(=O)c1cccnc1. The van der Waals surface area contributed by atoms with Crippen molar-refractivity contribution in [3.05, 3.63) is 30.1 Å². The second-order valence-corrected chi connectivity index (χ2v) is 4.16. The smallest absolute Gasteiger partial charge is 0.329 e. The molecule has 0 aliphatic carbocycles. The lowest BCUT2D eigenvalue weighted by molar-refractivity contribution is -0.142. The van der Waals surface area contributed by atoms with Crippen molar-refractivity contribution in [2.75, 3.05) is 19.1 Å². The molecule has 0 radical (unpaired) electrons. The molecule has 0 aromatic carbocycles. The molecule has 1 N–H and O–H groups in total. The third-order valence-electron chi connectivity index (χ3n) is 2.05. The van der Waals surface area contributed by atoms with Crippen molar-refractivity contribution < 1.29 is 14.3 Å². The Bertz CT molecular complexity index is 384. The lowest BCUT2D eigenvalue weighted by Gasteiger charge is -2.15. The second-order valence-electron chi connectivity index (χ2n) is 3.25. The zero-order valence-corrected chi connectivity index (χ0v) is 10.5. The first-order valence-electron chi connectivity index (χ1n) is 4.96. The Hall–Kier alpha value is -1.56. The van der Waals surface area contributed by atoms with Gasteiger partial charge < -0.3 is 10.1 Å². The summed E-state index contributed by atoms with van der Waals surface area (Å²) in [6.07, 6.45) is 4.88. The van der Waals surface area contributed by atoms with E-state index in [1.165, 1.54) is 25.1 Å². The molecule has 92 valence electrons. The molecule has 0 saturated carbocycles. The maximum Gasteiger partial charge on any atom is 0.329 e. The second kappa shape index (κ2) is 6.90. The van der Waals surface area contributed by atoms with Crippen LogP contribution in [-0.2, 0) is 9.53 Å². The Morgan fingerprint density at radius 2 is 2.35 bits per heavy atom. The van der Waals surface area contributed by atoms with Crippen LogP contribution in [0.1, 0.15) is 10.4 Å². The molecule has 0 aliphatic rings. The molecule has 1 rings (SSSR count). The Labute approximate surface area is 104 Å². The maximum absolute atomic E-state index is 11.8. The Kier molecular flexibility index (Phi) is 5.48. The van der Waals surface area contributed by atoms with E-state index < -0.39 is 12.0 Å². The summed E-state index contributed by atoms with van der Waals surface area (Å²) in [5.74, 6) is -0.308. The first-order chi connectivity index (χ1) is 8.19. The number of hydrogen-bond donors (Lipinski definition) is 1. The number of aromatic nitrogens is 1. The van der Waals surface area contributed by atoms with Crippen LogP contribution in [0.2, 0.25) is 0 Å². The molecule has 0 fully saturated rings. The third-order valence-corrected chi connectivity index (χ3v) is 2.71. The average Bonchev–Trinajstić information content (AvgIpc) is 2.38. The van der Waals surface area contributed by atoms with Crippen LogP contribution in [0.15, 0.2) is 24.5 Å². The van der Waals surface area contributed by atoms with Gasteiger partial charge in [-0.1, -0.05) is 0 Å². The molecule has 0 spiro atoms. The highest BCUT2D eigenvalue weighted by Crippen LogP contribution is 2.02. The summed E-state index contributed by atoms with van der Waals surface area (Å²) in [6.45, 7) is 0. The molecular formula is C11H14N2O3S. The van der Waals surface area contributed by atoms with Crippen molar-refractivity contribution in [3.8, 4) is 0 Å². The number of rotatable bonds is 5. The molecule has 1 aromatic heterocycles. The van der Waals surface area contributed by atoms with E-state index in [0.29, 0.717) is 11.3 Å². The predicted molar refractivity (Wildman–Crippen MR) is 65.9 cm³/mol. The van der Waals surface area contributed by atoms with Crippen LogP contribution in [0.4, 0.5) is 0 Å². The van der Waals surface area contributed by atoms with E-state index in [0.717, 1.165) is 0 Å². The van der Waals surface area contributed by atoms with Gasteiger partial charge in [0.05, 0.1) is 12.7 Å². The van der Waals surface area contributed by atoms with Crippen molar-refractivity contribution in [1.29, 1.82) is 0 Å². The van der Waals surface area contributed by atoms with Gasteiger partial charge in [-0.3, -0.25) is 9.78 Å². The summed E-state index contributed by atoms with van der Waals surface area (Å²) < 4.78 is 4.62. The van der Waals surface area contributed by atoms with E-state index in [2.05, 4.69) is 15.0 Å². The number of ether oxygens (including phenoxy) is 1. The molecule has 1 aromatic rings. The quantitative estimate of drug-likeness (QED) is 0.784. The number of esters is 1. The zero-order valence-electron chi connectivity index (χ0n) is 9.67. The largest absolute Gasteiger partial charge is 0.467 e. The normalized spacial score (nSPS) is 11.6. The van der Waals surface area contributed by atoms with Crippen LogP contribution in [0.25, 0.3) is 0 Å². The highest BCUT2D eigenvalue weighted by Gasteiger charge is 2.21. The number of pyridine rings is 1. The van der Waals surface area contributed by atoms with Crippen LogP contribution >= 0.6 is 11.8 Å². The van der Waals surface area contributed by atoms with Gasteiger partial charge in [0.25, 0.3) is 5.91 Å². The minimum Gasteiger partial charge on any atom is -0.467 e. The summed E-state index contributed by atoms with van der Waals surface area (Å²) in [5, 5.41) is 2.61. The summed E-state index contributed by atoms with van der Waals surface area (Å²) in [6, 6.07) is 2.66. The van der Waals surface area contributed by atoms with Gasteiger partial charge in [0.2, 0.25) is 0 Å². The molecule has 6 heteroatoms. The summed E-state index contributed by atoms with van der Waals surface area (Å²) >= 11 is 1.46. The summed E-state index contributed by atoms with van der Waals surface area (Å²) in [5.41, 5.74) is 0.419. The molecule has 5 nitrogen and oxygen atoms in total. The van der Waals surface area contributed by atoms with Crippen LogP contribution in [0.3, 0.4) is 0 Å². The van der Waals surface area contributed by atoms with Crippen LogP contribution in [0, 0.1) is 0 Å². The molecule has 17 heavy (non-hydrogen) atoms. The predicted octanol–water partition coefficient (Wildman–Crippen LogP) is 0.716. The Morgan fingerprint density at radius 1 is 1.59 bits per heavy atom. The van der Waals surface area contributed by atoms with Crippen LogP contribution in [0.5, 0.6) is 0 Å². The van der Waals surface area contributed by atoms with E-state index in [9.17, 15) is 9.59 Å². The molecule has 0 aliphatic heterocycles. The molecule has 0 saturated heterocycles. The standard InChI is InChI=1S/C11H14N2O3S/c1-16-11(15)9(7-17-2)13-10(14)8-4-3-5-12-6-8/h3-6,9H,7H2,1-2H3,(H,13,14)/t9-/m0/s1. The number of nitrogens with zero attached hydrogens (tertiary/aromatic N) is 1. The Balaban J connectivity index is 2.67. The average molecular weight is 254 g/mol. The van der Waals surface area contributed by atoms with Crippen molar-refractivity contribution in [2.45, 2.75) is 6.04 Å². The lowest BCUT2D eigenvalue weighted by Crippen LogP contribution is -2.43. The minimum absolute atomic E-state index is 0.331. The molecule has 1 amide bonds. The number of carbonyl (C=O) groups is 2. The van der Waals surface area contributed by atoms with E-state index in [-0.39, 0.29) is 5.91 Å². The number of thioether (sulfide) groups is 1. The molecule has 1 heterocycles. The van der Waals surface area contributed by atoms with Crippen molar-refractivity contribution in [1.82, 2.24) is 10.3 Å². The van der Waals surface area contributed by atoms with Gasteiger partial charge in [-0.05, 0) is 18.4 Å². The van der Waals surface area contributed by atoms with Crippen LogP contribution < -0.4 is 5.32 Å². The molecule has 0 bridgehead atoms. The summed E-state index contributed by atoms with van der Waals surface area (Å²) in [4.78, 5) is 27.0. The van der Waals surface area contributed by atoms with Gasteiger partial charge in [0, 0.05) is 18.1 Å². The first kappa shape index (κ1) is 13.5. The van der Waals surface area contributed by atoms with E-state index in [4.69, 9.17) is 0 Å². The molecular weight excluding hydrogens is 240 g/mol. The van der Waals surface area contributed by atoms with Gasteiger partial charge >= 0.3 is 5.97 Å². The monoisotopic (exact) mass is 254 g/mol. The zero-order chi connectivity index (χ0) is 12.7. The lowest BCUT2D eigenvalue weighted by atomic mass is 10.2. The number of hydrogen-bond acceptors (Lipinski definition) is 5. The van der Waals surface area contributed by atoms with E-state index >= 15 is 0 Å². The molecule has 0 unspecified atom stereocenters. The van der Waals surface area contributed by atoms with Gasteiger partial charge in [-0.15, -0.1) is 0 Å². The van der Waals surface area contributed by atoms with Crippen molar-refractivity contribution in [3.63, 3.8) is 0 Å². The highest BCUT2D eigenvalue weighted by molar-refractivity contribution is 7.98. The Morgan fingerprint density at radius 3 is 2.88 bits per heavy atom. The summed E-state index contributed by atoms with van der Waals surface area (Å²) in [7, 11) is 1.30. The fourth-order valence-electron chi connectivity index (χ4n) is 1.22. The number of amides is 1. The third kappa shape index (κ3) is 4.07. The first-order valence-corrected chi connectivity index (χ1v) is 6.36. The number of carbonyl (C=O) groups excluding carboxylic acids is 2. The maximum atomic E-state index is 11.8. The number of nitrogens with one attached hydrogen (secondary N) is 1. The van der Waals surface area contributed by atoms with E-state index in [1.54, 1.807) is 18.3 Å². The number of methoxy groups -OCH3 is 1. The van der Waals surface area contributed by atoms with Crippen LogP contribution in [-0.4, -0.2) is 42.0 Å². The minimum atomic E-state index is -0.636. The molecule has 1 atom stereocenters. The van der Waals surface area contributed by atoms with Gasteiger partial charge in [0.1, 0.15) is 6.04 Å². The topological polar surface area (TPSA) is 68.3 Å². The fourth-order valence-corrected chi connectivity index (χ4v) is 1.77. The van der Waals surface area contributed by atoms with Gasteiger partial charge in [0.15, 0.2) is 0 Å². The van der Waals surface area contributed by atoms with Gasteiger partial charge in [-0.25, -0.2) is 4.79 Å². The van der Waals surface area contributed by atoms with Gasteiger partial charge in [-0.2, -0.15) is 11.8 Å². The fraction of sp³-hybridized carbons (Fsp3) is 0.364. The van der Waals surface area contributed by atoms with Crippen molar-refractivity contribution >= 4 is 23.6 Å².